The van der Waals surface area contributed by atoms with Crippen molar-refractivity contribution in [2.24, 2.45) is 0 Å². The minimum Gasteiger partial charge on any atom is -0.467 e. The molecule has 8 nitrogen and oxygen atoms in total. The van der Waals surface area contributed by atoms with E-state index in [-0.39, 0.29) is 11.9 Å². The largest absolute Gasteiger partial charge is 0.467 e. The molecule has 0 unspecified atom stereocenters. The van der Waals surface area contributed by atoms with E-state index in [1.807, 2.05) is 13.0 Å². The normalized spacial score (nSPS) is 22.1. The molecule has 0 amide bonds. The molecule has 3 rings (SSSR count). The number of methoxy groups -OCH3 is 2. The standard InChI is InChI=1S/C19H23N5O3/c1-12-10-16(24-23-12)21-15-5-4-14(11-20)17(22-15)13-6-8-19(27-3,9-7-13)18(25)26-2/h4-5,10,13H,6-9H2,1-3H3,(H2,21,22,23,24). The van der Waals surface area contributed by atoms with Crippen molar-refractivity contribution in [3.8, 4) is 6.07 Å². The molecule has 0 aliphatic heterocycles. The zero-order valence-corrected chi connectivity index (χ0v) is 15.7. The number of aromatic amines is 1. The molecule has 2 aromatic rings. The Morgan fingerprint density at radius 1 is 1.33 bits per heavy atom. The van der Waals surface area contributed by atoms with Crippen LogP contribution in [0.15, 0.2) is 18.2 Å². The van der Waals surface area contributed by atoms with Crippen molar-refractivity contribution >= 4 is 17.6 Å². The Balaban J connectivity index is 1.81. The second-order valence-electron chi connectivity index (χ2n) is 6.77. The number of aromatic nitrogens is 3. The molecule has 1 aliphatic carbocycles. The van der Waals surface area contributed by atoms with Crippen molar-refractivity contribution in [3.05, 3.63) is 35.2 Å². The number of pyridine rings is 1. The lowest BCUT2D eigenvalue weighted by atomic mass is 9.76. The number of hydrogen-bond acceptors (Lipinski definition) is 7. The first-order chi connectivity index (χ1) is 13.0. The third kappa shape index (κ3) is 3.78. The summed E-state index contributed by atoms with van der Waals surface area (Å²) in [6.45, 7) is 1.92. The molecule has 8 heteroatoms. The lowest BCUT2D eigenvalue weighted by Crippen LogP contribution is -2.44. The van der Waals surface area contributed by atoms with E-state index >= 15 is 0 Å². The summed E-state index contributed by atoms with van der Waals surface area (Å²) in [6.07, 6.45) is 2.44. The van der Waals surface area contributed by atoms with Gasteiger partial charge in [-0.1, -0.05) is 0 Å². The number of nitrogens with one attached hydrogen (secondary N) is 2. The summed E-state index contributed by atoms with van der Waals surface area (Å²) in [6, 6.07) is 7.63. The van der Waals surface area contributed by atoms with E-state index in [1.165, 1.54) is 14.2 Å². The second kappa shape index (κ2) is 7.76. The maximum atomic E-state index is 12.1. The van der Waals surface area contributed by atoms with Crippen LogP contribution in [0, 0.1) is 18.3 Å². The number of aryl methyl sites for hydroxylation is 1. The van der Waals surface area contributed by atoms with Crippen molar-refractivity contribution in [2.75, 3.05) is 19.5 Å². The number of ether oxygens (including phenoxy) is 2. The van der Waals surface area contributed by atoms with E-state index in [9.17, 15) is 10.1 Å². The average Bonchev–Trinajstić information content (AvgIpc) is 3.12. The summed E-state index contributed by atoms with van der Waals surface area (Å²) in [5.41, 5.74) is 1.33. The molecule has 0 saturated heterocycles. The summed E-state index contributed by atoms with van der Waals surface area (Å²) in [4.78, 5) is 16.8. The van der Waals surface area contributed by atoms with E-state index in [1.54, 1.807) is 12.1 Å². The SMILES string of the molecule is COC(=O)C1(OC)CCC(c2nc(Nc3cc(C)[nH]n3)ccc2C#N)CC1. The van der Waals surface area contributed by atoms with Crippen LogP contribution in [0.1, 0.15) is 48.6 Å². The molecule has 1 fully saturated rings. The number of nitrogens with zero attached hydrogens (tertiary/aromatic N) is 3. The first kappa shape index (κ1) is 18.9. The number of H-pyrrole nitrogens is 1. The van der Waals surface area contributed by atoms with Gasteiger partial charge in [0.2, 0.25) is 0 Å². The van der Waals surface area contributed by atoms with Gasteiger partial charge in [-0.3, -0.25) is 5.10 Å². The minimum atomic E-state index is -0.902. The average molecular weight is 369 g/mol. The molecule has 1 aliphatic rings. The number of esters is 1. The summed E-state index contributed by atoms with van der Waals surface area (Å²) >= 11 is 0. The van der Waals surface area contributed by atoms with Gasteiger partial charge >= 0.3 is 5.97 Å². The molecule has 27 heavy (non-hydrogen) atoms. The van der Waals surface area contributed by atoms with E-state index in [4.69, 9.17) is 9.47 Å². The molecule has 0 bridgehead atoms. The molecule has 2 aromatic heterocycles. The number of rotatable bonds is 5. The third-order valence-electron chi connectivity index (χ3n) is 5.14. The van der Waals surface area contributed by atoms with Crippen molar-refractivity contribution in [3.63, 3.8) is 0 Å². The fraction of sp³-hybridized carbons (Fsp3) is 0.474. The highest BCUT2D eigenvalue weighted by Crippen LogP contribution is 2.41. The van der Waals surface area contributed by atoms with Crippen molar-refractivity contribution in [2.45, 2.75) is 44.1 Å². The highest BCUT2D eigenvalue weighted by molar-refractivity contribution is 5.79. The number of carbonyl (C=O) groups excluding carboxylic acids is 1. The summed E-state index contributed by atoms with van der Waals surface area (Å²) in [5.74, 6) is 1.03. The number of nitriles is 1. The third-order valence-corrected chi connectivity index (χ3v) is 5.14. The zero-order chi connectivity index (χ0) is 19.4. The fourth-order valence-electron chi connectivity index (χ4n) is 3.60. The van der Waals surface area contributed by atoms with Crippen LogP contribution in [0.2, 0.25) is 0 Å². The zero-order valence-electron chi connectivity index (χ0n) is 15.7. The van der Waals surface area contributed by atoms with Crippen LogP contribution in [-0.4, -0.2) is 41.0 Å². The Kier molecular flexibility index (Phi) is 5.42. The maximum absolute atomic E-state index is 12.1. The summed E-state index contributed by atoms with van der Waals surface area (Å²) in [7, 11) is 2.91. The van der Waals surface area contributed by atoms with Gasteiger partial charge in [0.1, 0.15) is 11.9 Å². The number of anilines is 2. The minimum absolute atomic E-state index is 0.0789. The van der Waals surface area contributed by atoms with Gasteiger partial charge in [-0.05, 0) is 44.7 Å². The van der Waals surface area contributed by atoms with E-state index in [0.29, 0.717) is 42.9 Å². The van der Waals surface area contributed by atoms with Crippen LogP contribution in [0.3, 0.4) is 0 Å². The molecule has 0 atom stereocenters. The molecule has 0 spiro atoms. The van der Waals surface area contributed by atoms with Gasteiger partial charge in [0.15, 0.2) is 11.4 Å². The predicted octanol–water partition coefficient (Wildman–Crippen LogP) is 2.94. The lowest BCUT2D eigenvalue weighted by molar-refractivity contribution is -0.170. The van der Waals surface area contributed by atoms with Crippen molar-refractivity contribution in [1.29, 1.82) is 5.26 Å². The highest BCUT2D eigenvalue weighted by atomic mass is 16.6. The first-order valence-electron chi connectivity index (χ1n) is 8.85. The molecule has 0 radical (unpaired) electrons. The Morgan fingerprint density at radius 2 is 2.07 bits per heavy atom. The molecular weight excluding hydrogens is 346 g/mol. The Morgan fingerprint density at radius 3 is 2.63 bits per heavy atom. The first-order valence-corrected chi connectivity index (χ1v) is 8.85. The molecule has 1 saturated carbocycles. The molecule has 2 heterocycles. The van der Waals surface area contributed by atoms with Crippen LogP contribution in [-0.2, 0) is 14.3 Å². The van der Waals surface area contributed by atoms with Gasteiger partial charge in [-0.25, -0.2) is 9.78 Å². The Hall–Kier alpha value is -2.92. The van der Waals surface area contributed by atoms with E-state index in [0.717, 1.165) is 11.4 Å². The van der Waals surface area contributed by atoms with Gasteiger partial charge in [0, 0.05) is 24.8 Å². The molecular formula is C19H23N5O3. The van der Waals surface area contributed by atoms with Gasteiger partial charge in [0.05, 0.1) is 18.4 Å². The summed E-state index contributed by atoms with van der Waals surface area (Å²) in [5, 5.41) is 19.6. The number of carbonyl (C=O) groups is 1. The van der Waals surface area contributed by atoms with Crippen LogP contribution < -0.4 is 5.32 Å². The quantitative estimate of drug-likeness (QED) is 0.779. The topological polar surface area (TPSA) is 113 Å². The Labute approximate surface area is 157 Å². The summed E-state index contributed by atoms with van der Waals surface area (Å²) < 4.78 is 10.4. The van der Waals surface area contributed by atoms with Crippen LogP contribution >= 0.6 is 0 Å². The smallest absolute Gasteiger partial charge is 0.338 e. The predicted molar refractivity (Wildman–Crippen MR) is 98.5 cm³/mol. The van der Waals surface area contributed by atoms with E-state index in [2.05, 4.69) is 26.6 Å². The van der Waals surface area contributed by atoms with Crippen LogP contribution in [0.4, 0.5) is 11.6 Å². The van der Waals surface area contributed by atoms with Crippen molar-refractivity contribution in [1.82, 2.24) is 15.2 Å². The van der Waals surface area contributed by atoms with Crippen LogP contribution in [0.25, 0.3) is 0 Å². The monoisotopic (exact) mass is 369 g/mol. The molecule has 142 valence electrons. The fourth-order valence-corrected chi connectivity index (χ4v) is 3.60. The van der Waals surface area contributed by atoms with Gasteiger partial charge < -0.3 is 14.8 Å². The van der Waals surface area contributed by atoms with E-state index < -0.39 is 5.60 Å². The van der Waals surface area contributed by atoms with Crippen LogP contribution in [0.5, 0.6) is 0 Å². The second-order valence-corrected chi connectivity index (χ2v) is 6.77. The lowest BCUT2D eigenvalue weighted by Gasteiger charge is -2.36. The van der Waals surface area contributed by atoms with Gasteiger partial charge in [0.25, 0.3) is 0 Å². The Bertz CT molecular complexity index is 862. The maximum Gasteiger partial charge on any atom is 0.338 e. The van der Waals surface area contributed by atoms with Gasteiger partial charge in [-0.15, -0.1) is 0 Å². The number of hydrogen-bond donors (Lipinski definition) is 2. The molecule has 2 N–H and O–H groups in total. The van der Waals surface area contributed by atoms with Crippen molar-refractivity contribution < 1.29 is 14.3 Å². The van der Waals surface area contributed by atoms with Gasteiger partial charge in [-0.2, -0.15) is 10.4 Å². The highest BCUT2D eigenvalue weighted by Gasteiger charge is 2.44. The molecule has 0 aromatic carbocycles.